The molecule has 0 aliphatic carbocycles. The Balaban J connectivity index is 1.76. The van der Waals surface area contributed by atoms with Gasteiger partial charge in [0.05, 0.1) is 13.2 Å². The lowest BCUT2D eigenvalue weighted by Crippen LogP contribution is -2.11. The van der Waals surface area contributed by atoms with Gasteiger partial charge in [0.15, 0.2) is 0 Å². The van der Waals surface area contributed by atoms with E-state index in [0.717, 1.165) is 11.1 Å². The molecule has 0 bridgehead atoms. The standard InChI is InChI=1S/C19H20O6/c1-12-4-6-14(16(20)10-12)18(22)24-8-3-9-25-19(23)15-7-5-13(2)11-17(15)21/h4-7,10-11,20-21H,3,8-9H2,1-2H3. The van der Waals surface area contributed by atoms with Crippen LogP contribution in [0, 0.1) is 13.8 Å². The van der Waals surface area contributed by atoms with E-state index in [2.05, 4.69) is 0 Å². The molecule has 2 aromatic rings. The number of aryl methyl sites for hydroxylation is 2. The van der Waals surface area contributed by atoms with Crippen LogP contribution in [-0.2, 0) is 9.47 Å². The van der Waals surface area contributed by atoms with Crippen LogP contribution in [0.3, 0.4) is 0 Å². The van der Waals surface area contributed by atoms with Crippen molar-refractivity contribution in [2.45, 2.75) is 20.3 Å². The molecule has 0 aliphatic rings. The molecule has 0 spiro atoms. The first kappa shape index (κ1) is 18.3. The largest absolute Gasteiger partial charge is 0.507 e. The number of phenols is 2. The van der Waals surface area contributed by atoms with E-state index in [-0.39, 0.29) is 35.8 Å². The zero-order chi connectivity index (χ0) is 18.4. The van der Waals surface area contributed by atoms with Crippen molar-refractivity contribution < 1.29 is 29.3 Å². The number of benzene rings is 2. The third kappa shape index (κ3) is 4.97. The number of carbonyl (C=O) groups excluding carboxylic acids is 2. The third-order valence-electron chi connectivity index (χ3n) is 3.50. The molecule has 0 atom stereocenters. The van der Waals surface area contributed by atoms with Crippen LogP contribution in [0.25, 0.3) is 0 Å². The molecular formula is C19H20O6. The summed E-state index contributed by atoms with van der Waals surface area (Å²) in [6, 6.07) is 9.34. The molecule has 6 heteroatoms. The van der Waals surface area contributed by atoms with Crippen LogP contribution in [0.15, 0.2) is 36.4 Å². The van der Waals surface area contributed by atoms with Crippen LogP contribution in [0.5, 0.6) is 11.5 Å². The summed E-state index contributed by atoms with van der Waals surface area (Å²) in [6.07, 6.45) is 0.302. The van der Waals surface area contributed by atoms with Gasteiger partial charge in [-0.2, -0.15) is 0 Å². The van der Waals surface area contributed by atoms with E-state index >= 15 is 0 Å². The van der Waals surface area contributed by atoms with Crippen molar-refractivity contribution in [3.8, 4) is 11.5 Å². The van der Waals surface area contributed by atoms with Crippen molar-refractivity contribution in [3.05, 3.63) is 58.7 Å². The summed E-state index contributed by atoms with van der Waals surface area (Å²) in [5.41, 5.74) is 1.85. The van der Waals surface area contributed by atoms with E-state index in [9.17, 15) is 19.8 Å². The number of aromatic hydroxyl groups is 2. The molecule has 0 fully saturated rings. The Morgan fingerprint density at radius 1 is 0.800 bits per heavy atom. The molecule has 0 heterocycles. The molecule has 132 valence electrons. The number of rotatable bonds is 6. The quantitative estimate of drug-likeness (QED) is 0.618. The predicted octanol–water partition coefficient (Wildman–Crippen LogP) is 3.12. The van der Waals surface area contributed by atoms with Gasteiger partial charge in [-0.25, -0.2) is 9.59 Å². The Morgan fingerprint density at radius 3 is 1.56 bits per heavy atom. The molecular weight excluding hydrogens is 324 g/mol. The molecule has 25 heavy (non-hydrogen) atoms. The molecule has 0 amide bonds. The first-order chi connectivity index (χ1) is 11.9. The van der Waals surface area contributed by atoms with Crippen molar-refractivity contribution >= 4 is 11.9 Å². The second-order valence-electron chi connectivity index (χ2n) is 5.67. The number of carbonyl (C=O) groups is 2. The van der Waals surface area contributed by atoms with Crippen LogP contribution >= 0.6 is 0 Å². The SMILES string of the molecule is Cc1ccc(C(=O)OCCCOC(=O)c2ccc(C)cc2O)c(O)c1. The lowest BCUT2D eigenvalue weighted by atomic mass is 10.1. The number of hydrogen-bond acceptors (Lipinski definition) is 6. The Hall–Kier alpha value is -3.02. The molecule has 0 aromatic heterocycles. The van der Waals surface area contributed by atoms with E-state index in [1.165, 1.54) is 24.3 Å². The number of ether oxygens (including phenoxy) is 2. The smallest absolute Gasteiger partial charge is 0.341 e. The summed E-state index contributed by atoms with van der Waals surface area (Å²) in [7, 11) is 0. The Labute approximate surface area is 145 Å². The van der Waals surface area contributed by atoms with Gasteiger partial charge in [0, 0.05) is 6.42 Å². The molecule has 0 saturated heterocycles. The minimum atomic E-state index is -0.639. The third-order valence-corrected chi connectivity index (χ3v) is 3.50. The lowest BCUT2D eigenvalue weighted by molar-refractivity contribution is 0.0393. The van der Waals surface area contributed by atoms with Crippen molar-refractivity contribution in [2.24, 2.45) is 0 Å². The van der Waals surface area contributed by atoms with Crippen molar-refractivity contribution in [3.63, 3.8) is 0 Å². The van der Waals surface area contributed by atoms with Crippen molar-refractivity contribution in [1.82, 2.24) is 0 Å². The van der Waals surface area contributed by atoms with E-state index in [0.29, 0.717) is 6.42 Å². The highest BCUT2D eigenvalue weighted by Gasteiger charge is 2.14. The molecule has 2 N–H and O–H groups in total. The van der Waals surface area contributed by atoms with Gasteiger partial charge in [0.1, 0.15) is 22.6 Å². The minimum Gasteiger partial charge on any atom is -0.507 e. The van der Waals surface area contributed by atoms with Gasteiger partial charge in [0.25, 0.3) is 0 Å². The first-order valence-corrected chi connectivity index (χ1v) is 7.82. The summed E-state index contributed by atoms with van der Waals surface area (Å²) < 4.78 is 10.1. The van der Waals surface area contributed by atoms with Gasteiger partial charge in [-0.1, -0.05) is 12.1 Å². The van der Waals surface area contributed by atoms with Crippen molar-refractivity contribution in [1.29, 1.82) is 0 Å². The fraction of sp³-hybridized carbons (Fsp3) is 0.263. The maximum atomic E-state index is 11.8. The molecule has 6 nitrogen and oxygen atoms in total. The zero-order valence-electron chi connectivity index (χ0n) is 14.1. The van der Waals surface area contributed by atoms with E-state index in [1.54, 1.807) is 26.0 Å². The first-order valence-electron chi connectivity index (χ1n) is 7.82. The van der Waals surface area contributed by atoms with Gasteiger partial charge >= 0.3 is 11.9 Å². The van der Waals surface area contributed by atoms with Gasteiger partial charge in [0.2, 0.25) is 0 Å². The molecule has 0 aliphatic heterocycles. The topological polar surface area (TPSA) is 93.1 Å². The van der Waals surface area contributed by atoms with E-state index < -0.39 is 11.9 Å². The highest BCUT2D eigenvalue weighted by molar-refractivity contribution is 5.93. The Morgan fingerprint density at radius 2 is 1.20 bits per heavy atom. The average Bonchev–Trinajstić information content (AvgIpc) is 2.54. The molecule has 2 aromatic carbocycles. The predicted molar refractivity (Wildman–Crippen MR) is 90.9 cm³/mol. The second-order valence-corrected chi connectivity index (χ2v) is 5.67. The lowest BCUT2D eigenvalue weighted by Gasteiger charge is -2.08. The summed E-state index contributed by atoms with van der Waals surface area (Å²) in [5, 5.41) is 19.4. The maximum absolute atomic E-state index is 11.8. The Bertz CT molecular complexity index is 716. The summed E-state index contributed by atoms with van der Waals surface area (Å²) >= 11 is 0. The molecule has 0 radical (unpaired) electrons. The fourth-order valence-corrected chi connectivity index (χ4v) is 2.17. The van der Waals surface area contributed by atoms with Crippen LogP contribution in [0.1, 0.15) is 38.3 Å². The van der Waals surface area contributed by atoms with Gasteiger partial charge in [-0.15, -0.1) is 0 Å². The molecule has 0 saturated carbocycles. The summed E-state index contributed by atoms with van der Waals surface area (Å²) in [5.74, 6) is -1.54. The fourth-order valence-electron chi connectivity index (χ4n) is 2.17. The monoisotopic (exact) mass is 344 g/mol. The zero-order valence-corrected chi connectivity index (χ0v) is 14.1. The van der Waals surface area contributed by atoms with E-state index in [4.69, 9.17) is 9.47 Å². The normalized spacial score (nSPS) is 10.3. The van der Waals surface area contributed by atoms with Crippen LogP contribution < -0.4 is 0 Å². The van der Waals surface area contributed by atoms with Gasteiger partial charge < -0.3 is 19.7 Å². The molecule has 0 unspecified atom stereocenters. The number of esters is 2. The van der Waals surface area contributed by atoms with Crippen molar-refractivity contribution in [2.75, 3.05) is 13.2 Å². The van der Waals surface area contributed by atoms with Crippen LogP contribution in [0.2, 0.25) is 0 Å². The number of phenolic OH excluding ortho intramolecular Hbond substituents is 2. The van der Waals surface area contributed by atoms with Crippen LogP contribution in [-0.4, -0.2) is 35.4 Å². The highest BCUT2D eigenvalue weighted by atomic mass is 16.5. The van der Waals surface area contributed by atoms with Crippen LogP contribution in [0.4, 0.5) is 0 Å². The maximum Gasteiger partial charge on any atom is 0.341 e. The minimum absolute atomic E-state index is 0.0410. The Kier molecular flexibility index (Phi) is 6.00. The second kappa shape index (κ2) is 8.19. The number of hydrogen-bond donors (Lipinski definition) is 2. The summed E-state index contributed by atoms with van der Waals surface area (Å²) in [6.45, 7) is 3.68. The van der Waals surface area contributed by atoms with E-state index in [1.807, 2.05) is 0 Å². The summed E-state index contributed by atoms with van der Waals surface area (Å²) in [4.78, 5) is 23.7. The van der Waals surface area contributed by atoms with Gasteiger partial charge in [-0.3, -0.25) is 0 Å². The average molecular weight is 344 g/mol. The molecule has 2 rings (SSSR count). The highest BCUT2D eigenvalue weighted by Crippen LogP contribution is 2.20. The van der Waals surface area contributed by atoms with Gasteiger partial charge in [-0.05, 0) is 49.2 Å².